The second-order valence-corrected chi connectivity index (χ2v) is 7.24. The first-order chi connectivity index (χ1) is 11.5. The molecule has 2 N–H and O–H groups in total. The summed E-state index contributed by atoms with van der Waals surface area (Å²) in [5.74, 6) is -1.78. The van der Waals surface area contributed by atoms with Crippen molar-refractivity contribution in [1.82, 2.24) is 0 Å². The number of amidine groups is 1. The summed E-state index contributed by atoms with van der Waals surface area (Å²) < 4.78 is 11.7. The zero-order valence-electron chi connectivity index (χ0n) is 13.3. The van der Waals surface area contributed by atoms with Crippen LogP contribution in [-0.2, 0) is 9.47 Å². The Hall–Kier alpha value is -2.06. The maximum atomic E-state index is 10.0. The SMILES string of the molecule is CSc1ccc([C@H]2[C@]3(C#N)[C@]4(N=C(N)[C@@]23C#N)OC[C@H](C)O4)cc1. The molecule has 6 nitrogen and oxygen atoms in total. The van der Waals surface area contributed by atoms with Gasteiger partial charge in [0.05, 0.1) is 24.8 Å². The van der Waals surface area contributed by atoms with Crippen LogP contribution in [0.25, 0.3) is 0 Å². The predicted molar refractivity (Wildman–Crippen MR) is 87.9 cm³/mol. The molecular formula is C17H16N4O2S. The third-order valence-electron chi connectivity index (χ3n) is 5.25. The van der Waals surface area contributed by atoms with Gasteiger partial charge in [-0.3, -0.25) is 0 Å². The van der Waals surface area contributed by atoms with E-state index in [1.165, 1.54) is 0 Å². The maximum Gasteiger partial charge on any atom is 0.293 e. The lowest BCUT2D eigenvalue weighted by atomic mass is 9.94. The Morgan fingerprint density at radius 1 is 1.29 bits per heavy atom. The van der Waals surface area contributed by atoms with E-state index in [9.17, 15) is 10.5 Å². The number of nitriles is 2. The molecule has 0 amide bonds. The fourth-order valence-corrected chi connectivity index (χ4v) is 4.57. The van der Waals surface area contributed by atoms with Gasteiger partial charge < -0.3 is 15.2 Å². The molecule has 122 valence electrons. The molecule has 7 heteroatoms. The molecule has 1 aliphatic carbocycles. The summed E-state index contributed by atoms with van der Waals surface area (Å²) in [5.41, 5.74) is 4.55. The molecule has 0 aromatic heterocycles. The number of fused-ring (bicyclic) bond motifs is 2. The smallest absolute Gasteiger partial charge is 0.293 e. The number of ether oxygens (including phenoxy) is 2. The van der Waals surface area contributed by atoms with E-state index in [1.807, 2.05) is 37.4 Å². The topological polar surface area (TPSA) is 104 Å². The van der Waals surface area contributed by atoms with Crippen LogP contribution in [0.1, 0.15) is 18.4 Å². The van der Waals surface area contributed by atoms with Gasteiger partial charge in [-0.1, -0.05) is 12.1 Å². The van der Waals surface area contributed by atoms with E-state index in [0.717, 1.165) is 10.5 Å². The third-order valence-corrected chi connectivity index (χ3v) is 5.99. The van der Waals surface area contributed by atoms with E-state index in [1.54, 1.807) is 11.8 Å². The molecule has 3 aliphatic rings. The highest BCUT2D eigenvalue weighted by Crippen LogP contribution is 2.82. The fraction of sp³-hybridized carbons (Fsp3) is 0.471. The number of thioether (sulfide) groups is 1. The van der Waals surface area contributed by atoms with Gasteiger partial charge in [-0.05, 0) is 30.9 Å². The lowest BCUT2D eigenvalue weighted by Gasteiger charge is -2.26. The lowest BCUT2D eigenvalue weighted by Crippen LogP contribution is -2.39. The van der Waals surface area contributed by atoms with E-state index in [4.69, 9.17) is 15.2 Å². The Morgan fingerprint density at radius 2 is 2.00 bits per heavy atom. The summed E-state index contributed by atoms with van der Waals surface area (Å²) in [6, 6.07) is 12.4. The summed E-state index contributed by atoms with van der Waals surface area (Å²) in [6.45, 7) is 2.17. The van der Waals surface area contributed by atoms with Crippen LogP contribution in [0.3, 0.4) is 0 Å². The highest BCUT2D eigenvalue weighted by molar-refractivity contribution is 7.98. The van der Waals surface area contributed by atoms with Crippen molar-refractivity contribution in [2.45, 2.75) is 29.8 Å². The minimum atomic E-state index is -1.48. The van der Waals surface area contributed by atoms with Gasteiger partial charge in [-0.2, -0.15) is 10.5 Å². The van der Waals surface area contributed by atoms with Crippen LogP contribution in [0.2, 0.25) is 0 Å². The van der Waals surface area contributed by atoms with Crippen LogP contribution in [0, 0.1) is 33.5 Å². The van der Waals surface area contributed by atoms with Crippen molar-refractivity contribution in [3.8, 4) is 12.1 Å². The molecule has 5 atom stereocenters. The van der Waals surface area contributed by atoms with Crippen LogP contribution in [-0.4, -0.2) is 30.7 Å². The van der Waals surface area contributed by atoms with Gasteiger partial charge in [0.2, 0.25) is 0 Å². The molecule has 2 fully saturated rings. The quantitative estimate of drug-likeness (QED) is 0.826. The van der Waals surface area contributed by atoms with Crippen molar-refractivity contribution in [2.24, 2.45) is 21.6 Å². The van der Waals surface area contributed by atoms with Gasteiger partial charge in [-0.25, -0.2) is 4.99 Å². The number of aliphatic imine (C=N–C) groups is 1. The van der Waals surface area contributed by atoms with Crippen LogP contribution in [0.5, 0.6) is 0 Å². The molecule has 0 radical (unpaired) electrons. The largest absolute Gasteiger partial charge is 0.386 e. The Bertz CT molecular complexity index is 826. The minimum Gasteiger partial charge on any atom is -0.386 e. The summed E-state index contributed by atoms with van der Waals surface area (Å²) in [4.78, 5) is 5.41. The molecule has 1 aromatic rings. The zero-order valence-corrected chi connectivity index (χ0v) is 14.1. The van der Waals surface area contributed by atoms with Crippen molar-refractivity contribution in [1.29, 1.82) is 10.5 Å². The molecule has 1 spiro atoms. The number of benzene rings is 1. The van der Waals surface area contributed by atoms with Gasteiger partial charge in [0.1, 0.15) is 11.3 Å². The van der Waals surface area contributed by atoms with Crippen molar-refractivity contribution in [3.05, 3.63) is 29.8 Å². The van der Waals surface area contributed by atoms with Crippen molar-refractivity contribution in [2.75, 3.05) is 12.9 Å². The highest BCUT2D eigenvalue weighted by atomic mass is 32.2. The lowest BCUT2D eigenvalue weighted by molar-refractivity contribution is -0.193. The molecule has 4 rings (SSSR count). The first-order valence-electron chi connectivity index (χ1n) is 7.65. The van der Waals surface area contributed by atoms with Crippen LogP contribution in [0.4, 0.5) is 0 Å². The average molecular weight is 340 g/mol. The van der Waals surface area contributed by atoms with Crippen molar-refractivity contribution in [3.63, 3.8) is 0 Å². The number of hydrogen-bond acceptors (Lipinski definition) is 7. The van der Waals surface area contributed by atoms with Gasteiger partial charge in [0.25, 0.3) is 5.91 Å². The normalized spacial score (nSPS) is 42.2. The average Bonchev–Trinajstić information content (AvgIpc) is 2.99. The van der Waals surface area contributed by atoms with Crippen LogP contribution >= 0.6 is 11.8 Å². The van der Waals surface area contributed by atoms with E-state index in [-0.39, 0.29) is 11.9 Å². The standard InChI is InChI=1S/C17H16N4O2S/c1-10-7-22-17(23-10)16(9-19)13(15(16,8-18)14(20)21-17)11-3-5-12(24-2)6-4-11/h3-6,10,13H,7H2,1-2H3,(H2,20,21)/t10-,13+,15+,16-,17-/m0/s1. The third kappa shape index (κ3) is 1.46. The minimum absolute atomic E-state index is 0.125. The number of hydrogen-bond donors (Lipinski definition) is 1. The highest BCUT2D eigenvalue weighted by Gasteiger charge is 2.94. The first-order valence-corrected chi connectivity index (χ1v) is 8.88. The molecule has 1 saturated carbocycles. The molecule has 1 aromatic carbocycles. The van der Waals surface area contributed by atoms with Gasteiger partial charge in [0.15, 0.2) is 5.41 Å². The summed E-state index contributed by atoms with van der Waals surface area (Å²) in [6.07, 6.45) is 1.79. The number of nitrogens with zero attached hydrogens (tertiary/aromatic N) is 3. The fourth-order valence-electron chi connectivity index (χ4n) is 4.16. The molecular weight excluding hydrogens is 324 g/mol. The van der Waals surface area contributed by atoms with Crippen LogP contribution < -0.4 is 5.73 Å². The summed E-state index contributed by atoms with van der Waals surface area (Å²) in [7, 11) is 0. The first kappa shape index (κ1) is 15.5. The molecule has 0 bridgehead atoms. The second kappa shape index (κ2) is 4.73. The van der Waals surface area contributed by atoms with Crippen molar-refractivity contribution >= 4 is 17.6 Å². The van der Waals surface area contributed by atoms with Gasteiger partial charge in [-0.15, -0.1) is 11.8 Å². The molecule has 0 unspecified atom stereocenters. The second-order valence-electron chi connectivity index (χ2n) is 6.36. The van der Waals surface area contributed by atoms with Gasteiger partial charge in [0, 0.05) is 10.8 Å². The molecule has 2 aliphatic heterocycles. The van der Waals surface area contributed by atoms with E-state index >= 15 is 0 Å². The molecule has 2 heterocycles. The van der Waals surface area contributed by atoms with Crippen LogP contribution in [0.15, 0.2) is 34.2 Å². The predicted octanol–water partition coefficient (Wildman–Crippen LogP) is 1.99. The Kier molecular flexibility index (Phi) is 3.05. The van der Waals surface area contributed by atoms with Crippen molar-refractivity contribution < 1.29 is 9.47 Å². The Labute approximate surface area is 144 Å². The Morgan fingerprint density at radius 3 is 2.50 bits per heavy atom. The monoisotopic (exact) mass is 340 g/mol. The summed E-state index contributed by atoms with van der Waals surface area (Å²) >= 11 is 1.63. The number of nitrogens with two attached hydrogens (primary N) is 1. The molecule has 24 heavy (non-hydrogen) atoms. The van der Waals surface area contributed by atoms with E-state index in [2.05, 4.69) is 17.1 Å². The van der Waals surface area contributed by atoms with E-state index < -0.39 is 22.7 Å². The van der Waals surface area contributed by atoms with Gasteiger partial charge >= 0.3 is 0 Å². The summed E-state index contributed by atoms with van der Waals surface area (Å²) in [5, 5.41) is 19.9. The Balaban J connectivity index is 1.87. The maximum absolute atomic E-state index is 10.0. The van der Waals surface area contributed by atoms with E-state index in [0.29, 0.717) is 6.61 Å². The molecule has 1 saturated heterocycles. The number of rotatable bonds is 2. The zero-order chi connectivity index (χ0) is 17.2.